The molecule has 0 atom stereocenters. The molecular weight excluding hydrogens is 440 g/mol. The Labute approximate surface area is 204 Å². The number of rotatable bonds is 6. The lowest BCUT2D eigenvalue weighted by atomic mass is 9.98. The van der Waals surface area contributed by atoms with E-state index in [0.29, 0.717) is 18.7 Å². The summed E-state index contributed by atoms with van der Waals surface area (Å²) in [5.74, 6) is -0.0828. The Balaban J connectivity index is 1.34. The molecule has 35 heavy (non-hydrogen) atoms. The van der Waals surface area contributed by atoms with Crippen LogP contribution >= 0.6 is 0 Å². The summed E-state index contributed by atoms with van der Waals surface area (Å²) in [6, 6.07) is 21.4. The van der Waals surface area contributed by atoms with Gasteiger partial charge in [-0.25, -0.2) is 9.78 Å². The van der Waals surface area contributed by atoms with Crippen LogP contribution in [0.2, 0.25) is 0 Å². The van der Waals surface area contributed by atoms with E-state index in [-0.39, 0.29) is 24.8 Å². The summed E-state index contributed by atoms with van der Waals surface area (Å²) in [6.45, 7) is 2.08. The Morgan fingerprint density at radius 2 is 1.69 bits per heavy atom. The highest BCUT2D eigenvalue weighted by atomic mass is 16.2. The molecule has 2 heterocycles. The molecule has 1 aliphatic heterocycles. The van der Waals surface area contributed by atoms with Crippen LogP contribution in [-0.4, -0.2) is 39.8 Å². The lowest BCUT2D eigenvalue weighted by Crippen LogP contribution is -2.44. The van der Waals surface area contributed by atoms with E-state index >= 15 is 0 Å². The largest absolute Gasteiger partial charge is 0.325 e. The molecule has 7 heteroatoms. The molecule has 1 aliphatic carbocycles. The van der Waals surface area contributed by atoms with Crippen LogP contribution in [0.25, 0.3) is 22.4 Å². The van der Waals surface area contributed by atoms with Gasteiger partial charge in [0, 0.05) is 18.5 Å². The number of benzene rings is 2. The number of aromatic nitrogens is 1. The first-order valence-corrected chi connectivity index (χ1v) is 12.0. The van der Waals surface area contributed by atoms with Crippen molar-refractivity contribution in [2.75, 3.05) is 11.9 Å². The number of carbonyl (C=O) groups is 3. The van der Waals surface area contributed by atoms with E-state index < -0.39 is 11.6 Å². The van der Waals surface area contributed by atoms with Gasteiger partial charge in [0.25, 0.3) is 5.91 Å². The van der Waals surface area contributed by atoms with Gasteiger partial charge in [0.2, 0.25) is 5.91 Å². The fourth-order valence-electron chi connectivity index (χ4n) is 4.88. The predicted molar refractivity (Wildman–Crippen MR) is 135 cm³/mol. The summed E-state index contributed by atoms with van der Waals surface area (Å²) in [7, 11) is 0. The Bertz CT molecular complexity index is 1270. The van der Waals surface area contributed by atoms with Crippen molar-refractivity contribution < 1.29 is 14.4 Å². The molecule has 2 fully saturated rings. The number of urea groups is 1. The number of nitrogens with zero attached hydrogens (tertiary/aromatic N) is 2. The van der Waals surface area contributed by atoms with Gasteiger partial charge in [-0.2, -0.15) is 0 Å². The molecule has 7 nitrogen and oxygen atoms in total. The molecule has 5 rings (SSSR count). The minimum Gasteiger partial charge on any atom is -0.323 e. The third kappa shape index (κ3) is 4.67. The first-order valence-electron chi connectivity index (χ1n) is 12.0. The quantitative estimate of drug-likeness (QED) is 0.503. The number of aryl methyl sites for hydroxylation is 1. The third-order valence-corrected chi connectivity index (χ3v) is 6.81. The van der Waals surface area contributed by atoms with Crippen LogP contribution in [0.4, 0.5) is 10.6 Å². The minimum absolute atomic E-state index is 0.00630. The van der Waals surface area contributed by atoms with E-state index in [2.05, 4.69) is 15.6 Å². The number of hydrogen-bond acceptors (Lipinski definition) is 4. The lowest BCUT2D eigenvalue weighted by Gasteiger charge is -2.19. The maximum atomic E-state index is 12.8. The molecule has 1 saturated heterocycles. The Morgan fingerprint density at radius 1 is 0.971 bits per heavy atom. The zero-order valence-electron chi connectivity index (χ0n) is 19.7. The summed E-state index contributed by atoms with van der Waals surface area (Å²) in [5, 5.41) is 5.72. The fraction of sp³-hybridized carbons (Fsp3) is 0.286. The van der Waals surface area contributed by atoms with Gasteiger partial charge in [0.1, 0.15) is 11.4 Å². The van der Waals surface area contributed by atoms with E-state index in [4.69, 9.17) is 0 Å². The summed E-state index contributed by atoms with van der Waals surface area (Å²) in [6.07, 6.45) is 3.18. The number of carbonyl (C=O) groups excluding carboxylic acids is 3. The number of amides is 4. The molecule has 2 aromatic carbocycles. The smallest absolute Gasteiger partial charge is 0.323 e. The molecule has 0 unspecified atom stereocenters. The van der Waals surface area contributed by atoms with Gasteiger partial charge in [-0.15, -0.1) is 0 Å². The minimum atomic E-state index is -0.762. The van der Waals surface area contributed by atoms with Crippen LogP contribution in [0.3, 0.4) is 0 Å². The lowest BCUT2D eigenvalue weighted by molar-refractivity contribution is -0.131. The summed E-state index contributed by atoms with van der Waals surface area (Å²) < 4.78 is 0. The van der Waals surface area contributed by atoms with Crippen LogP contribution in [0, 0.1) is 6.92 Å². The number of nitrogens with one attached hydrogen (secondary N) is 2. The van der Waals surface area contributed by atoms with Gasteiger partial charge < -0.3 is 10.6 Å². The zero-order chi connectivity index (χ0) is 24.4. The molecule has 1 saturated carbocycles. The molecule has 2 aliphatic rings. The van der Waals surface area contributed by atoms with Crippen molar-refractivity contribution in [1.29, 1.82) is 0 Å². The van der Waals surface area contributed by atoms with Crippen LogP contribution in [-0.2, 0) is 9.59 Å². The summed E-state index contributed by atoms with van der Waals surface area (Å²) in [4.78, 5) is 43.9. The summed E-state index contributed by atoms with van der Waals surface area (Å²) in [5.41, 5.74) is 4.05. The molecule has 178 valence electrons. The van der Waals surface area contributed by atoms with Gasteiger partial charge in [-0.05, 0) is 43.0 Å². The Morgan fingerprint density at radius 3 is 2.40 bits per heavy atom. The maximum absolute atomic E-state index is 12.8. The number of imide groups is 1. The van der Waals surface area contributed by atoms with Crippen molar-refractivity contribution >= 4 is 23.7 Å². The van der Waals surface area contributed by atoms with E-state index in [0.717, 1.165) is 35.2 Å². The number of pyridine rings is 1. The van der Waals surface area contributed by atoms with Crippen LogP contribution < -0.4 is 10.6 Å². The first kappa shape index (κ1) is 22.8. The zero-order valence-corrected chi connectivity index (χ0v) is 19.7. The highest BCUT2D eigenvalue weighted by Crippen LogP contribution is 2.35. The van der Waals surface area contributed by atoms with E-state index in [1.54, 1.807) is 0 Å². The van der Waals surface area contributed by atoms with Crippen molar-refractivity contribution in [1.82, 2.24) is 15.2 Å². The van der Waals surface area contributed by atoms with E-state index in [9.17, 15) is 14.4 Å². The van der Waals surface area contributed by atoms with E-state index in [1.807, 2.05) is 73.7 Å². The number of anilines is 1. The second kappa shape index (κ2) is 9.33. The molecule has 4 amide bonds. The standard InChI is InChI=1S/C28H28N4O3/c1-19-9-11-20(12-10-19)22-17-23(21-7-3-2-4-8-21)29-24(18-22)30-25(33)13-16-32-26(34)28(31-27(32)35)14-5-6-15-28/h2-4,7-12,17-18H,5-6,13-16H2,1H3,(H,31,35)(H,29,30,33). The van der Waals surface area contributed by atoms with Crippen molar-refractivity contribution in [2.24, 2.45) is 0 Å². The average molecular weight is 469 g/mol. The highest BCUT2D eigenvalue weighted by Gasteiger charge is 2.52. The maximum Gasteiger partial charge on any atom is 0.325 e. The third-order valence-electron chi connectivity index (χ3n) is 6.81. The first-order chi connectivity index (χ1) is 16.9. The monoisotopic (exact) mass is 468 g/mol. The van der Waals surface area contributed by atoms with Gasteiger partial charge >= 0.3 is 6.03 Å². The van der Waals surface area contributed by atoms with Crippen molar-refractivity contribution in [2.45, 2.75) is 44.6 Å². The molecule has 1 spiro atoms. The molecule has 3 aromatic rings. The fourth-order valence-corrected chi connectivity index (χ4v) is 4.88. The number of hydrogen-bond donors (Lipinski definition) is 2. The molecule has 0 radical (unpaired) electrons. The summed E-state index contributed by atoms with van der Waals surface area (Å²) >= 11 is 0. The normalized spacial score (nSPS) is 16.5. The SMILES string of the molecule is Cc1ccc(-c2cc(NC(=O)CCN3C(=O)NC4(CCCC4)C3=O)nc(-c3ccccc3)c2)cc1. The van der Waals surface area contributed by atoms with Crippen molar-refractivity contribution in [3.05, 3.63) is 72.3 Å². The second-order valence-electron chi connectivity index (χ2n) is 9.33. The highest BCUT2D eigenvalue weighted by molar-refractivity contribution is 6.07. The average Bonchev–Trinajstić information content (AvgIpc) is 3.43. The van der Waals surface area contributed by atoms with E-state index in [1.165, 1.54) is 10.5 Å². The molecule has 2 N–H and O–H groups in total. The van der Waals surface area contributed by atoms with Crippen LogP contribution in [0.15, 0.2) is 66.7 Å². The van der Waals surface area contributed by atoms with Gasteiger partial charge in [-0.3, -0.25) is 14.5 Å². The molecule has 1 aromatic heterocycles. The molecular formula is C28H28N4O3. The second-order valence-corrected chi connectivity index (χ2v) is 9.33. The Hall–Kier alpha value is -4.00. The van der Waals surface area contributed by atoms with Gasteiger partial charge in [0.15, 0.2) is 0 Å². The van der Waals surface area contributed by atoms with Gasteiger partial charge in [-0.1, -0.05) is 73.0 Å². The van der Waals surface area contributed by atoms with Crippen LogP contribution in [0.5, 0.6) is 0 Å². The van der Waals surface area contributed by atoms with Gasteiger partial charge in [0.05, 0.1) is 5.69 Å². The Kier molecular flexibility index (Phi) is 6.07. The van der Waals surface area contributed by atoms with Crippen LogP contribution in [0.1, 0.15) is 37.7 Å². The van der Waals surface area contributed by atoms with Crippen molar-refractivity contribution in [3.63, 3.8) is 0 Å². The topological polar surface area (TPSA) is 91.4 Å². The predicted octanol–water partition coefficient (Wildman–Crippen LogP) is 4.92. The van der Waals surface area contributed by atoms with Crippen molar-refractivity contribution in [3.8, 4) is 22.4 Å². The molecule has 0 bridgehead atoms.